The molecule has 0 radical (unpaired) electrons. The fraction of sp³-hybridized carbons (Fsp3) is 0.219. The Kier molecular flexibility index (Phi) is 9.42. The highest BCUT2D eigenvalue weighted by Crippen LogP contribution is 2.32. The predicted octanol–water partition coefficient (Wildman–Crippen LogP) is 6.90. The summed E-state index contributed by atoms with van der Waals surface area (Å²) in [6.07, 6.45) is 3.52. The molecule has 0 N–H and O–H groups in total. The number of fused-ring (bicyclic) bond motifs is 1. The van der Waals surface area contributed by atoms with Crippen LogP contribution in [-0.4, -0.2) is 22.9 Å². The summed E-state index contributed by atoms with van der Waals surface area (Å²) >= 11 is 12.8. The molecule has 0 fully saturated rings. The van der Waals surface area contributed by atoms with Gasteiger partial charge in [-0.1, -0.05) is 59.3 Å². The number of hydrogen-bond donors (Lipinski definition) is 0. The van der Waals surface area contributed by atoms with Crippen molar-refractivity contribution in [2.75, 3.05) is 6.26 Å². The number of carbonyl (C=O) groups is 1. The summed E-state index contributed by atoms with van der Waals surface area (Å²) < 4.78 is 14.4. The summed E-state index contributed by atoms with van der Waals surface area (Å²) in [5, 5.41) is 0.648. The highest BCUT2D eigenvalue weighted by molar-refractivity contribution is 9.10. The zero-order chi connectivity index (χ0) is 30.0. The van der Waals surface area contributed by atoms with Gasteiger partial charge in [0.05, 0.1) is 32.4 Å². The van der Waals surface area contributed by atoms with E-state index in [4.69, 9.17) is 21.1 Å². The first-order valence-electron chi connectivity index (χ1n) is 13.2. The first-order chi connectivity index (χ1) is 20.2. The van der Waals surface area contributed by atoms with E-state index in [9.17, 15) is 9.59 Å². The summed E-state index contributed by atoms with van der Waals surface area (Å²) in [6, 6.07) is 20.4. The van der Waals surface area contributed by atoms with Gasteiger partial charge >= 0.3 is 5.97 Å². The molecule has 0 aliphatic carbocycles. The van der Waals surface area contributed by atoms with Crippen molar-refractivity contribution in [2.45, 2.75) is 44.4 Å². The van der Waals surface area contributed by atoms with E-state index in [1.54, 1.807) is 37.1 Å². The van der Waals surface area contributed by atoms with E-state index in [1.165, 1.54) is 11.3 Å². The smallest absolute Gasteiger partial charge is 0.338 e. The van der Waals surface area contributed by atoms with Crippen LogP contribution in [0.3, 0.4) is 0 Å². The van der Waals surface area contributed by atoms with Gasteiger partial charge in [-0.3, -0.25) is 9.36 Å². The Morgan fingerprint density at radius 3 is 2.57 bits per heavy atom. The van der Waals surface area contributed by atoms with E-state index >= 15 is 0 Å². The van der Waals surface area contributed by atoms with Crippen molar-refractivity contribution in [3.8, 4) is 5.75 Å². The molecule has 0 amide bonds. The van der Waals surface area contributed by atoms with Crippen LogP contribution >= 0.6 is 50.6 Å². The average molecular weight is 684 g/mol. The maximum atomic E-state index is 13.9. The molecule has 1 aliphatic rings. The Balaban J connectivity index is 1.53. The monoisotopic (exact) mass is 682 g/mol. The maximum Gasteiger partial charge on any atom is 0.338 e. The van der Waals surface area contributed by atoms with Crippen LogP contribution in [-0.2, 0) is 16.1 Å². The number of hydrogen-bond acceptors (Lipinski definition) is 7. The van der Waals surface area contributed by atoms with Gasteiger partial charge in [0.1, 0.15) is 12.4 Å². The molecule has 0 saturated heterocycles. The molecule has 216 valence electrons. The van der Waals surface area contributed by atoms with Gasteiger partial charge in [-0.25, -0.2) is 9.79 Å². The molecular formula is C32H28BrClN2O4S2. The number of nitrogens with zero attached hydrogens (tertiary/aromatic N) is 2. The lowest BCUT2D eigenvalue weighted by molar-refractivity contribution is -0.143. The minimum Gasteiger partial charge on any atom is -0.488 e. The average Bonchev–Trinajstić information content (AvgIpc) is 3.26. The van der Waals surface area contributed by atoms with Crippen LogP contribution in [0, 0.1) is 0 Å². The van der Waals surface area contributed by atoms with E-state index in [-0.39, 0.29) is 11.7 Å². The van der Waals surface area contributed by atoms with Crippen molar-refractivity contribution in [3.63, 3.8) is 0 Å². The quantitative estimate of drug-likeness (QED) is 0.149. The third kappa shape index (κ3) is 6.44. The van der Waals surface area contributed by atoms with Crippen LogP contribution in [0.2, 0.25) is 5.02 Å². The van der Waals surface area contributed by atoms with Crippen molar-refractivity contribution in [2.24, 2.45) is 4.99 Å². The lowest BCUT2D eigenvalue weighted by atomic mass is 9.96. The topological polar surface area (TPSA) is 69.9 Å². The molecule has 0 spiro atoms. The molecule has 1 aromatic heterocycles. The molecule has 3 aromatic carbocycles. The minimum absolute atomic E-state index is 0.227. The van der Waals surface area contributed by atoms with Gasteiger partial charge in [-0.05, 0) is 90.5 Å². The summed E-state index contributed by atoms with van der Waals surface area (Å²) in [5.74, 6) is 0.182. The van der Waals surface area contributed by atoms with Crippen LogP contribution in [0.25, 0.3) is 6.08 Å². The third-order valence-corrected chi connectivity index (χ3v) is 9.33. The van der Waals surface area contributed by atoms with Gasteiger partial charge in [-0.15, -0.1) is 11.8 Å². The molecule has 1 aliphatic heterocycles. The van der Waals surface area contributed by atoms with Crippen molar-refractivity contribution >= 4 is 62.7 Å². The van der Waals surface area contributed by atoms with Crippen molar-refractivity contribution in [1.82, 2.24) is 4.57 Å². The van der Waals surface area contributed by atoms with Crippen LogP contribution < -0.4 is 19.6 Å². The number of rotatable bonds is 8. The highest BCUT2D eigenvalue weighted by atomic mass is 79.9. The SMILES string of the molecule is CSc1ccc([C@@H]2C(C(=O)OC(C)C)=C(C)N=c3s/c(=C\c4ccc(OCc5ccccc5Cl)c(Br)c4)c(=O)n32)cc1. The fourth-order valence-electron chi connectivity index (χ4n) is 4.61. The zero-order valence-corrected chi connectivity index (χ0v) is 27.4. The van der Waals surface area contributed by atoms with Crippen molar-refractivity contribution in [1.29, 1.82) is 0 Å². The maximum absolute atomic E-state index is 13.9. The van der Waals surface area contributed by atoms with E-state index in [2.05, 4.69) is 20.9 Å². The number of aromatic nitrogens is 1. The molecular weight excluding hydrogens is 656 g/mol. The van der Waals surface area contributed by atoms with Gasteiger partial charge in [0.15, 0.2) is 4.80 Å². The number of thioether (sulfide) groups is 1. The standard InChI is InChI=1S/C32H28BrClN2O4S2/c1-18(2)40-31(38)28-19(3)35-32-36(29(28)21-10-12-23(41-4)13-11-21)30(37)27(42-32)16-20-9-14-26(24(33)15-20)39-17-22-7-5-6-8-25(22)34/h5-16,18,29H,17H2,1-4H3/b27-16-/t29-/m1/s1. The minimum atomic E-state index is -0.655. The first-order valence-corrected chi connectivity index (χ1v) is 16.4. The second-order valence-electron chi connectivity index (χ2n) is 9.88. The highest BCUT2D eigenvalue weighted by Gasteiger charge is 2.33. The van der Waals surface area contributed by atoms with Gasteiger partial charge in [0.25, 0.3) is 5.56 Å². The molecule has 2 heterocycles. The number of thiazole rings is 1. The molecule has 1 atom stereocenters. The molecule has 4 aromatic rings. The second-order valence-corrected chi connectivity index (χ2v) is 13.0. The Morgan fingerprint density at radius 2 is 1.90 bits per heavy atom. The zero-order valence-electron chi connectivity index (χ0n) is 23.4. The number of ether oxygens (including phenoxy) is 2. The summed E-state index contributed by atoms with van der Waals surface area (Å²) in [6.45, 7) is 5.72. The Morgan fingerprint density at radius 1 is 1.17 bits per heavy atom. The van der Waals surface area contributed by atoms with Gasteiger partial charge in [0, 0.05) is 15.5 Å². The summed E-state index contributed by atoms with van der Waals surface area (Å²) in [4.78, 5) is 33.5. The van der Waals surface area contributed by atoms with Crippen LogP contribution in [0.4, 0.5) is 0 Å². The number of benzene rings is 3. The lowest BCUT2D eigenvalue weighted by Crippen LogP contribution is -2.40. The number of esters is 1. The molecule has 5 rings (SSSR count). The Bertz CT molecular complexity index is 1860. The van der Waals surface area contributed by atoms with Gasteiger partial charge in [0.2, 0.25) is 0 Å². The van der Waals surface area contributed by atoms with Crippen LogP contribution in [0.15, 0.2) is 97.2 Å². The molecule has 10 heteroatoms. The second kappa shape index (κ2) is 13.0. The Hall–Kier alpha value is -3.11. The van der Waals surface area contributed by atoms with E-state index in [0.29, 0.717) is 38.0 Å². The fourth-order valence-corrected chi connectivity index (χ4v) is 6.76. The largest absolute Gasteiger partial charge is 0.488 e. The van der Waals surface area contributed by atoms with Crippen molar-refractivity contribution in [3.05, 3.63) is 124 Å². The van der Waals surface area contributed by atoms with E-state index in [1.807, 2.05) is 79.1 Å². The van der Waals surface area contributed by atoms with Gasteiger partial charge < -0.3 is 9.47 Å². The van der Waals surface area contributed by atoms with Crippen LogP contribution in [0.5, 0.6) is 5.75 Å². The molecule has 0 unspecified atom stereocenters. The van der Waals surface area contributed by atoms with Crippen molar-refractivity contribution < 1.29 is 14.3 Å². The van der Waals surface area contributed by atoms with E-state index < -0.39 is 12.0 Å². The third-order valence-electron chi connectivity index (χ3n) is 6.61. The summed E-state index contributed by atoms with van der Waals surface area (Å²) in [5.41, 5.74) is 3.19. The van der Waals surface area contributed by atoms with Crippen LogP contribution in [0.1, 0.15) is 43.5 Å². The molecule has 42 heavy (non-hydrogen) atoms. The molecule has 0 bridgehead atoms. The summed E-state index contributed by atoms with van der Waals surface area (Å²) in [7, 11) is 0. The number of carbonyl (C=O) groups excluding carboxylic acids is 1. The molecule has 6 nitrogen and oxygen atoms in total. The lowest BCUT2D eigenvalue weighted by Gasteiger charge is -2.25. The first kappa shape index (κ1) is 30.4. The molecule has 0 saturated carbocycles. The number of allylic oxidation sites excluding steroid dienone is 1. The predicted molar refractivity (Wildman–Crippen MR) is 173 cm³/mol. The Labute approximate surface area is 265 Å². The van der Waals surface area contributed by atoms with E-state index in [0.717, 1.165) is 26.1 Å². The normalized spacial score (nSPS) is 15.0. The van der Waals surface area contributed by atoms with Gasteiger partial charge in [-0.2, -0.15) is 0 Å². The number of halogens is 2.